The fourth-order valence-electron chi connectivity index (χ4n) is 1.58. The Morgan fingerprint density at radius 2 is 2.28 bits per heavy atom. The van der Waals surface area contributed by atoms with Crippen molar-refractivity contribution in [3.8, 4) is 0 Å². The third-order valence-electron chi connectivity index (χ3n) is 2.51. The summed E-state index contributed by atoms with van der Waals surface area (Å²) in [6.07, 6.45) is -0.320. The molecule has 1 saturated heterocycles. The minimum absolute atomic E-state index is 0.0134. The van der Waals surface area contributed by atoms with Crippen molar-refractivity contribution in [1.82, 2.24) is 0 Å². The van der Waals surface area contributed by atoms with Crippen LogP contribution in [0, 0.1) is 0 Å². The Morgan fingerprint density at radius 3 is 2.89 bits per heavy atom. The van der Waals surface area contributed by atoms with Gasteiger partial charge in [-0.3, -0.25) is 9.59 Å². The summed E-state index contributed by atoms with van der Waals surface area (Å²) >= 11 is 1.34. The minimum Gasteiger partial charge on any atom is -0.463 e. The molecule has 1 aromatic heterocycles. The molecule has 0 N–H and O–H groups in total. The third kappa shape index (κ3) is 3.16. The Morgan fingerprint density at radius 1 is 1.44 bits per heavy atom. The smallest absolute Gasteiger partial charge is 0.347 e. The largest absolute Gasteiger partial charge is 0.463 e. The molecule has 0 bridgehead atoms. The van der Waals surface area contributed by atoms with Crippen molar-refractivity contribution < 1.29 is 23.9 Å². The molecule has 0 aliphatic carbocycles. The Kier molecular flexibility index (Phi) is 4.09. The van der Waals surface area contributed by atoms with Gasteiger partial charge < -0.3 is 9.47 Å². The summed E-state index contributed by atoms with van der Waals surface area (Å²) in [7, 11) is 0. The summed E-state index contributed by atoms with van der Waals surface area (Å²) < 4.78 is 9.60. The molecule has 1 aliphatic heterocycles. The van der Waals surface area contributed by atoms with Crippen molar-refractivity contribution in [1.29, 1.82) is 0 Å². The molecule has 5 nitrogen and oxygen atoms in total. The molecular weight excluding hydrogens is 256 g/mol. The number of Topliss-reactive ketones (excluding diaryl/α,β-unsaturated/α-hetero) is 1. The average molecular weight is 268 g/mol. The van der Waals surface area contributed by atoms with Crippen LogP contribution in [0.3, 0.4) is 0 Å². The Bertz CT molecular complexity index is 451. The summed E-state index contributed by atoms with van der Waals surface area (Å²) in [4.78, 5) is 34.8. The van der Waals surface area contributed by atoms with Gasteiger partial charge in [0.25, 0.3) is 0 Å². The van der Waals surface area contributed by atoms with Crippen LogP contribution < -0.4 is 0 Å². The maximum Gasteiger partial charge on any atom is 0.347 e. The zero-order valence-corrected chi connectivity index (χ0v) is 10.4. The zero-order valence-electron chi connectivity index (χ0n) is 9.59. The van der Waals surface area contributed by atoms with E-state index in [1.807, 2.05) is 0 Å². The van der Waals surface area contributed by atoms with E-state index in [0.29, 0.717) is 11.3 Å². The van der Waals surface area contributed by atoms with Crippen molar-refractivity contribution in [2.45, 2.75) is 25.4 Å². The van der Waals surface area contributed by atoms with E-state index in [4.69, 9.17) is 4.74 Å². The molecule has 2 rings (SSSR count). The fraction of sp³-hybridized carbons (Fsp3) is 0.417. The average Bonchev–Trinajstić information content (AvgIpc) is 2.99. The van der Waals surface area contributed by atoms with Crippen molar-refractivity contribution in [3.63, 3.8) is 0 Å². The van der Waals surface area contributed by atoms with Crippen LogP contribution in [-0.4, -0.2) is 30.4 Å². The molecular formula is C12H12O5S. The first-order valence-corrected chi connectivity index (χ1v) is 6.47. The van der Waals surface area contributed by atoms with Crippen LogP contribution >= 0.6 is 11.3 Å². The fourth-order valence-corrected chi connectivity index (χ4v) is 2.27. The first-order chi connectivity index (χ1) is 8.66. The molecule has 0 amide bonds. The van der Waals surface area contributed by atoms with Gasteiger partial charge in [-0.2, -0.15) is 0 Å². The molecule has 0 aromatic carbocycles. The normalized spacial score (nSPS) is 18.4. The first kappa shape index (κ1) is 12.8. The summed E-state index contributed by atoms with van der Waals surface area (Å²) in [5.74, 6) is -1.13. The number of rotatable bonds is 5. The highest BCUT2D eigenvalue weighted by Gasteiger charge is 2.30. The molecule has 1 unspecified atom stereocenters. The topological polar surface area (TPSA) is 69.7 Å². The van der Waals surface area contributed by atoms with Gasteiger partial charge in [-0.05, 0) is 11.4 Å². The molecule has 18 heavy (non-hydrogen) atoms. The second kappa shape index (κ2) is 5.77. The molecule has 0 spiro atoms. The van der Waals surface area contributed by atoms with Crippen molar-refractivity contribution >= 4 is 29.1 Å². The number of carbonyl (C=O) groups is 3. The van der Waals surface area contributed by atoms with Crippen LogP contribution in [0.5, 0.6) is 0 Å². The summed E-state index contributed by atoms with van der Waals surface area (Å²) in [5.41, 5.74) is 0. The summed E-state index contributed by atoms with van der Waals surface area (Å²) in [5, 5.41) is 1.81. The van der Waals surface area contributed by atoms with E-state index < -0.39 is 18.0 Å². The van der Waals surface area contributed by atoms with Crippen LogP contribution in [0.25, 0.3) is 0 Å². The Hall–Kier alpha value is -1.69. The SMILES string of the molecule is O=C(CCC(=O)c1cccs1)OC1CCOC1=O. The van der Waals surface area contributed by atoms with E-state index in [2.05, 4.69) is 4.74 Å². The molecule has 1 atom stereocenters. The van der Waals surface area contributed by atoms with Gasteiger partial charge in [0.15, 0.2) is 5.78 Å². The third-order valence-corrected chi connectivity index (χ3v) is 3.42. The number of ether oxygens (including phenoxy) is 2. The number of esters is 2. The monoisotopic (exact) mass is 268 g/mol. The highest BCUT2D eigenvalue weighted by Crippen LogP contribution is 2.14. The maximum absolute atomic E-state index is 11.6. The molecule has 1 aromatic rings. The first-order valence-electron chi connectivity index (χ1n) is 5.59. The number of carbonyl (C=O) groups excluding carboxylic acids is 3. The van der Waals surface area contributed by atoms with Crippen LogP contribution in [0.1, 0.15) is 28.9 Å². The molecule has 0 radical (unpaired) electrons. The van der Waals surface area contributed by atoms with Gasteiger partial charge in [0.05, 0.1) is 17.9 Å². The number of ketones is 1. The molecule has 2 heterocycles. The molecule has 6 heteroatoms. The predicted octanol–water partition coefficient (Wildman–Crippen LogP) is 1.57. The number of hydrogen-bond acceptors (Lipinski definition) is 6. The van der Waals surface area contributed by atoms with E-state index in [1.54, 1.807) is 17.5 Å². The standard InChI is InChI=1S/C12H12O5S/c13-8(10-2-1-7-18-10)3-4-11(14)17-9-5-6-16-12(9)15/h1-2,7,9H,3-6H2. The van der Waals surface area contributed by atoms with Gasteiger partial charge in [0.2, 0.25) is 6.10 Å². The van der Waals surface area contributed by atoms with E-state index in [0.717, 1.165) is 0 Å². The highest BCUT2D eigenvalue weighted by atomic mass is 32.1. The number of cyclic esters (lactones) is 1. The number of thiophene rings is 1. The van der Waals surface area contributed by atoms with E-state index in [9.17, 15) is 14.4 Å². The lowest BCUT2D eigenvalue weighted by molar-refractivity contribution is -0.160. The van der Waals surface area contributed by atoms with Gasteiger partial charge >= 0.3 is 11.9 Å². The Balaban J connectivity index is 1.75. The van der Waals surface area contributed by atoms with Crippen LogP contribution in [0.4, 0.5) is 0 Å². The second-order valence-corrected chi connectivity index (χ2v) is 4.78. The molecule has 0 saturated carbocycles. The van der Waals surface area contributed by atoms with Crippen molar-refractivity contribution in [2.75, 3.05) is 6.61 Å². The second-order valence-electron chi connectivity index (χ2n) is 3.84. The van der Waals surface area contributed by atoms with E-state index in [1.165, 1.54) is 11.3 Å². The lowest BCUT2D eigenvalue weighted by Crippen LogP contribution is -2.22. The van der Waals surface area contributed by atoms with Crippen LogP contribution in [0.15, 0.2) is 17.5 Å². The van der Waals surface area contributed by atoms with Gasteiger partial charge in [0.1, 0.15) is 0 Å². The number of hydrogen-bond donors (Lipinski definition) is 0. The minimum atomic E-state index is -0.797. The Labute approximate surface area is 108 Å². The summed E-state index contributed by atoms with van der Waals surface area (Å²) in [6, 6.07) is 3.50. The van der Waals surface area contributed by atoms with Crippen molar-refractivity contribution in [2.24, 2.45) is 0 Å². The highest BCUT2D eigenvalue weighted by molar-refractivity contribution is 7.12. The molecule has 1 fully saturated rings. The van der Waals surface area contributed by atoms with Gasteiger partial charge in [-0.15, -0.1) is 11.3 Å². The quantitative estimate of drug-likeness (QED) is 0.599. The van der Waals surface area contributed by atoms with Gasteiger partial charge in [-0.25, -0.2) is 4.79 Å². The van der Waals surface area contributed by atoms with E-state index in [-0.39, 0.29) is 25.2 Å². The van der Waals surface area contributed by atoms with Gasteiger partial charge in [-0.1, -0.05) is 6.07 Å². The lowest BCUT2D eigenvalue weighted by Gasteiger charge is -2.07. The molecule has 96 valence electrons. The van der Waals surface area contributed by atoms with Crippen LogP contribution in [-0.2, 0) is 19.1 Å². The van der Waals surface area contributed by atoms with Gasteiger partial charge in [0, 0.05) is 12.8 Å². The van der Waals surface area contributed by atoms with Crippen LogP contribution in [0.2, 0.25) is 0 Å². The molecule has 1 aliphatic rings. The van der Waals surface area contributed by atoms with Crippen molar-refractivity contribution in [3.05, 3.63) is 22.4 Å². The van der Waals surface area contributed by atoms with E-state index >= 15 is 0 Å². The lowest BCUT2D eigenvalue weighted by atomic mass is 10.2. The summed E-state index contributed by atoms with van der Waals surface area (Å²) in [6.45, 7) is 0.283. The predicted molar refractivity (Wildman–Crippen MR) is 63.3 cm³/mol. The maximum atomic E-state index is 11.6. The zero-order chi connectivity index (χ0) is 13.0.